The van der Waals surface area contributed by atoms with Crippen LogP contribution < -0.4 is 4.74 Å². The first-order valence-corrected chi connectivity index (χ1v) is 11.5. The quantitative estimate of drug-likeness (QED) is 0.215. The van der Waals surface area contributed by atoms with E-state index in [0.29, 0.717) is 17.8 Å². The number of carbonyl (C=O) groups excluding carboxylic acids is 2. The highest BCUT2D eigenvalue weighted by molar-refractivity contribution is 5.87. The van der Waals surface area contributed by atoms with Gasteiger partial charge < -0.3 is 23.5 Å². The van der Waals surface area contributed by atoms with Gasteiger partial charge in [-0.1, -0.05) is 66.7 Å². The molecule has 0 atom stereocenters. The first kappa shape index (κ1) is 24.7. The fourth-order valence-corrected chi connectivity index (χ4v) is 3.68. The van der Waals surface area contributed by atoms with E-state index >= 15 is 0 Å². The topological polar surface area (TPSA) is 87.4 Å². The summed E-state index contributed by atoms with van der Waals surface area (Å²) in [5.41, 5.74) is 3.12. The van der Waals surface area contributed by atoms with Crippen molar-refractivity contribution in [1.82, 2.24) is 5.06 Å². The van der Waals surface area contributed by atoms with Gasteiger partial charge in [-0.15, -0.1) is 5.06 Å². The molecule has 3 aromatic carbocycles. The van der Waals surface area contributed by atoms with E-state index in [0.717, 1.165) is 32.9 Å². The van der Waals surface area contributed by atoms with Crippen LogP contribution in [0.2, 0.25) is 0 Å². The van der Waals surface area contributed by atoms with E-state index in [2.05, 4.69) is 0 Å². The molecule has 1 heterocycles. The Labute approximate surface area is 208 Å². The van der Waals surface area contributed by atoms with Gasteiger partial charge in [0.05, 0.1) is 13.7 Å². The van der Waals surface area contributed by atoms with Crippen molar-refractivity contribution in [2.45, 2.75) is 26.6 Å². The maximum atomic E-state index is 12.8. The molecular formula is C28H27NO7. The second-order valence-electron chi connectivity index (χ2n) is 8.03. The molecule has 36 heavy (non-hydrogen) atoms. The van der Waals surface area contributed by atoms with Gasteiger partial charge >= 0.3 is 12.2 Å². The molecule has 0 spiro atoms. The van der Waals surface area contributed by atoms with Gasteiger partial charge in [-0.25, -0.2) is 9.59 Å². The zero-order valence-electron chi connectivity index (χ0n) is 20.1. The fourth-order valence-electron chi connectivity index (χ4n) is 3.68. The number of methoxy groups -OCH3 is 1. The highest BCUT2D eigenvalue weighted by Crippen LogP contribution is 2.31. The van der Waals surface area contributed by atoms with Gasteiger partial charge in [0.15, 0.2) is 11.3 Å². The predicted molar refractivity (Wildman–Crippen MR) is 132 cm³/mol. The largest absolute Gasteiger partial charge is 0.533 e. The van der Waals surface area contributed by atoms with Gasteiger partial charge in [0, 0.05) is 5.39 Å². The molecule has 0 unspecified atom stereocenters. The van der Waals surface area contributed by atoms with Crippen molar-refractivity contribution in [3.8, 4) is 5.75 Å². The lowest BCUT2D eigenvalue weighted by Gasteiger charge is -2.20. The molecule has 186 valence electrons. The van der Waals surface area contributed by atoms with Crippen LogP contribution in [-0.2, 0) is 33.9 Å². The molecule has 1 amide bonds. The van der Waals surface area contributed by atoms with Crippen molar-refractivity contribution in [3.05, 3.63) is 101 Å². The second-order valence-corrected chi connectivity index (χ2v) is 8.03. The Bertz CT molecular complexity index is 1300. The molecule has 0 bridgehead atoms. The number of aryl methyl sites for hydroxylation is 1. The SMILES string of the molecule is COc1ccc(CCN(OC(=O)OCc2ccccc2)C(=O)OCc2ccccc2)c2cc(C)oc12. The van der Waals surface area contributed by atoms with Crippen LogP contribution in [0.4, 0.5) is 9.59 Å². The van der Waals surface area contributed by atoms with E-state index in [1.165, 1.54) is 0 Å². The normalized spacial score (nSPS) is 10.6. The average Bonchev–Trinajstić information content (AvgIpc) is 3.31. The Morgan fingerprint density at radius 1 is 0.861 bits per heavy atom. The number of amides is 1. The summed E-state index contributed by atoms with van der Waals surface area (Å²) in [5, 5.41) is 1.73. The summed E-state index contributed by atoms with van der Waals surface area (Å²) in [6.45, 7) is 1.94. The number of nitrogens with zero attached hydrogens (tertiary/aromatic N) is 1. The average molecular weight is 490 g/mol. The summed E-state index contributed by atoms with van der Waals surface area (Å²) in [7, 11) is 1.58. The van der Waals surface area contributed by atoms with E-state index in [1.54, 1.807) is 13.2 Å². The monoisotopic (exact) mass is 489 g/mol. The van der Waals surface area contributed by atoms with E-state index in [1.807, 2.05) is 79.7 Å². The molecule has 0 N–H and O–H groups in total. The van der Waals surface area contributed by atoms with Crippen LogP contribution in [0.1, 0.15) is 22.5 Å². The molecule has 0 saturated heterocycles. The minimum Gasteiger partial charge on any atom is -0.493 e. The number of hydrogen-bond acceptors (Lipinski definition) is 7. The Morgan fingerprint density at radius 3 is 2.14 bits per heavy atom. The van der Waals surface area contributed by atoms with Crippen molar-refractivity contribution in [3.63, 3.8) is 0 Å². The molecule has 4 aromatic rings. The second kappa shape index (κ2) is 11.8. The Hall–Kier alpha value is -4.46. The van der Waals surface area contributed by atoms with Crippen LogP contribution in [0.25, 0.3) is 11.0 Å². The maximum Gasteiger partial charge on any atom is 0.533 e. The third-order valence-electron chi connectivity index (χ3n) is 5.46. The smallest absolute Gasteiger partial charge is 0.493 e. The molecule has 0 aliphatic carbocycles. The van der Waals surface area contributed by atoms with Crippen molar-refractivity contribution in [2.75, 3.05) is 13.7 Å². The molecule has 4 rings (SSSR count). The summed E-state index contributed by atoms with van der Waals surface area (Å²) in [5.74, 6) is 1.34. The van der Waals surface area contributed by atoms with Crippen LogP contribution in [-0.4, -0.2) is 31.0 Å². The number of benzene rings is 3. The molecular weight excluding hydrogens is 462 g/mol. The van der Waals surface area contributed by atoms with Crippen LogP contribution >= 0.6 is 0 Å². The summed E-state index contributed by atoms with van der Waals surface area (Å²) >= 11 is 0. The van der Waals surface area contributed by atoms with Crippen molar-refractivity contribution >= 4 is 23.2 Å². The molecule has 1 aromatic heterocycles. The van der Waals surface area contributed by atoms with Crippen LogP contribution in [0, 0.1) is 6.92 Å². The fraction of sp³-hybridized carbons (Fsp3) is 0.214. The zero-order chi connectivity index (χ0) is 25.3. The van der Waals surface area contributed by atoms with E-state index in [4.69, 9.17) is 23.5 Å². The van der Waals surface area contributed by atoms with Gasteiger partial charge in [0.1, 0.15) is 19.0 Å². The predicted octanol–water partition coefficient (Wildman–Crippen LogP) is 6.20. The van der Waals surface area contributed by atoms with Gasteiger partial charge in [0.25, 0.3) is 0 Å². The Balaban J connectivity index is 1.45. The molecule has 0 radical (unpaired) electrons. The van der Waals surface area contributed by atoms with Gasteiger partial charge in [-0.2, -0.15) is 0 Å². The summed E-state index contributed by atoms with van der Waals surface area (Å²) < 4.78 is 21.7. The molecule has 0 fully saturated rings. The van der Waals surface area contributed by atoms with E-state index in [-0.39, 0.29) is 19.8 Å². The minimum atomic E-state index is -1.01. The summed E-state index contributed by atoms with van der Waals surface area (Å²) in [6.07, 6.45) is -1.44. The number of rotatable bonds is 8. The maximum absolute atomic E-state index is 12.8. The molecule has 0 aliphatic rings. The van der Waals surface area contributed by atoms with Crippen LogP contribution in [0.5, 0.6) is 5.75 Å². The Morgan fingerprint density at radius 2 is 1.50 bits per heavy atom. The standard InChI is InChI=1S/C28H27NO7/c1-20-17-24-23(13-14-25(32-2)26(24)35-20)15-16-29(27(30)33-18-21-9-5-3-6-10-21)36-28(31)34-19-22-11-7-4-8-12-22/h3-14,17H,15-16,18-19H2,1-2H3. The van der Waals surface area contributed by atoms with E-state index in [9.17, 15) is 9.59 Å². The van der Waals surface area contributed by atoms with E-state index < -0.39 is 12.2 Å². The lowest BCUT2D eigenvalue weighted by atomic mass is 10.1. The molecule has 8 heteroatoms. The summed E-state index contributed by atoms with van der Waals surface area (Å²) in [6, 6.07) is 24.0. The third-order valence-corrected chi connectivity index (χ3v) is 5.46. The first-order chi connectivity index (χ1) is 17.5. The number of ether oxygens (including phenoxy) is 3. The van der Waals surface area contributed by atoms with Gasteiger partial charge in [0.2, 0.25) is 0 Å². The van der Waals surface area contributed by atoms with Crippen LogP contribution in [0.15, 0.2) is 83.3 Å². The molecule has 0 saturated carbocycles. The number of carbonyl (C=O) groups is 2. The summed E-state index contributed by atoms with van der Waals surface area (Å²) in [4.78, 5) is 30.5. The van der Waals surface area contributed by atoms with Gasteiger partial charge in [-0.05, 0) is 42.2 Å². The van der Waals surface area contributed by atoms with Crippen LogP contribution in [0.3, 0.4) is 0 Å². The zero-order valence-corrected chi connectivity index (χ0v) is 20.1. The lowest BCUT2D eigenvalue weighted by molar-refractivity contribution is -0.113. The van der Waals surface area contributed by atoms with Crippen molar-refractivity contribution in [1.29, 1.82) is 0 Å². The third kappa shape index (κ3) is 6.35. The number of furan rings is 1. The van der Waals surface area contributed by atoms with Crippen molar-refractivity contribution in [2.24, 2.45) is 0 Å². The number of hydrogen-bond donors (Lipinski definition) is 0. The van der Waals surface area contributed by atoms with Crippen molar-refractivity contribution < 1.29 is 33.1 Å². The number of hydroxylamine groups is 2. The highest BCUT2D eigenvalue weighted by Gasteiger charge is 2.23. The molecule has 0 aliphatic heterocycles. The van der Waals surface area contributed by atoms with Gasteiger partial charge in [-0.3, -0.25) is 0 Å². The number of fused-ring (bicyclic) bond motifs is 1. The Kier molecular flexibility index (Phi) is 8.08. The minimum absolute atomic E-state index is 0.0139. The first-order valence-electron chi connectivity index (χ1n) is 11.5. The molecule has 8 nitrogen and oxygen atoms in total. The highest BCUT2D eigenvalue weighted by atomic mass is 16.8. The lowest BCUT2D eigenvalue weighted by Crippen LogP contribution is -2.36.